The minimum atomic E-state index is -4.63. The maximum atomic E-state index is 14.2. The molecule has 2 aliphatic heterocycles. The second-order valence-electron chi connectivity index (χ2n) is 18.6. The summed E-state index contributed by atoms with van der Waals surface area (Å²) < 4.78 is 56.8. The molecule has 2 fully saturated rings. The van der Waals surface area contributed by atoms with Crippen LogP contribution in [0.5, 0.6) is 0 Å². The number of hydrogen-bond donors (Lipinski definition) is 3. The van der Waals surface area contributed by atoms with Crippen molar-refractivity contribution in [2.45, 2.75) is 50.8 Å². The van der Waals surface area contributed by atoms with E-state index in [-0.39, 0.29) is 22.6 Å². The number of carbonyl (C=O) groups excluding carboxylic acids is 1. The Balaban J connectivity index is 0.953. The van der Waals surface area contributed by atoms with Crippen LogP contribution in [0.3, 0.4) is 0 Å². The first-order chi connectivity index (χ1) is 31.9. The first kappa shape index (κ1) is 46.3. The molecule has 0 bridgehead atoms. The van der Waals surface area contributed by atoms with E-state index in [0.717, 1.165) is 61.1 Å². The highest BCUT2D eigenvalue weighted by Crippen LogP contribution is 2.43. The first-order valence-electron chi connectivity index (χ1n) is 22.4. The Labute approximate surface area is 394 Å². The van der Waals surface area contributed by atoms with Gasteiger partial charge in [-0.1, -0.05) is 43.2 Å². The molecule has 5 heterocycles. The molecular formula is C47H53ClN10O7S2. The van der Waals surface area contributed by atoms with E-state index in [9.17, 15) is 31.7 Å². The summed E-state index contributed by atoms with van der Waals surface area (Å²) in [6.45, 7) is 9.60. The number of aromatic nitrogens is 4. The summed E-state index contributed by atoms with van der Waals surface area (Å²) in [5.74, 6) is -0.898. The highest BCUT2D eigenvalue weighted by Gasteiger charge is 2.31. The normalized spacial score (nSPS) is 17.9. The highest BCUT2D eigenvalue weighted by atomic mass is 35.5. The van der Waals surface area contributed by atoms with Crippen LogP contribution in [0, 0.1) is 21.4 Å². The van der Waals surface area contributed by atoms with Crippen LogP contribution >= 0.6 is 11.6 Å². The van der Waals surface area contributed by atoms with E-state index in [4.69, 9.17) is 16.6 Å². The number of halogens is 1. The lowest BCUT2D eigenvalue weighted by molar-refractivity contribution is -0.384. The van der Waals surface area contributed by atoms with Crippen molar-refractivity contribution in [2.75, 3.05) is 68.8 Å². The summed E-state index contributed by atoms with van der Waals surface area (Å²) in [4.78, 5) is 37.9. The van der Waals surface area contributed by atoms with E-state index in [1.54, 1.807) is 29.2 Å². The molecule has 2 saturated heterocycles. The van der Waals surface area contributed by atoms with Gasteiger partial charge in [-0.3, -0.25) is 19.8 Å². The molecule has 3 N–H and O–H groups in total. The summed E-state index contributed by atoms with van der Waals surface area (Å²) in [5.41, 5.74) is 6.92. The smallest absolute Gasteiger partial charge is 0.293 e. The third kappa shape index (κ3) is 10.1. The van der Waals surface area contributed by atoms with Gasteiger partial charge in [-0.05, 0) is 109 Å². The Hall–Kier alpha value is -5.86. The van der Waals surface area contributed by atoms with Crippen molar-refractivity contribution in [2.24, 2.45) is 11.3 Å². The standard InChI is InChI=1S/C47H53ClN10O7S2/c1-47(2)16-12-34(39(27-47)32-4-6-35(48)7-5-32)30-54-20-22-55(23-21-54)36-8-10-38(42(25-36)57-43-24-33-13-17-49-45(33)52-41(43)29-51-57)46(59)53-67(64,65)37-9-11-40(44(26-37)58(60)61)50-28-31-14-18-56(19-15-31)66(3,62)63/h4-11,13,17,24-26,29,31,50H,12,14-16,18-23,27-28,30H2,1-3H3,(H,49,52)(H,53,59). The van der Waals surface area contributed by atoms with Crippen molar-refractivity contribution in [1.29, 1.82) is 0 Å². The number of benzene rings is 3. The Bertz CT molecular complexity index is 3140. The van der Waals surface area contributed by atoms with Crippen molar-refractivity contribution in [3.05, 3.63) is 117 Å². The minimum Gasteiger partial charge on any atom is -0.379 e. The number of H-pyrrole nitrogens is 1. The third-order valence-corrected chi connectivity index (χ3v) is 16.3. The molecule has 17 nitrogen and oxygen atoms in total. The van der Waals surface area contributed by atoms with Gasteiger partial charge >= 0.3 is 0 Å². The third-order valence-electron chi connectivity index (χ3n) is 13.4. The fraction of sp³-hybridized carbons (Fsp3) is 0.383. The van der Waals surface area contributed by atoms with Crippen LogP contribution in [-0.2, 0) is 20.0 Å². The number of nitro benzene ring substituents is 1. The molecule has 0 saturated carbocycles. The lowest BCUT2D eigenvalue weighted by Crippen LogP contribution is -2.47. The fourth-order valence-corrected chi connectivity index (χ4v) is 11.5. The van der Waals surface area contributed by atoms with Gasteiger partial charge in [0.05, 0.1) is 39.0 Å². The molecule has 0 spiro atoms. The number of nitrogens with one attached hydrogen (secondary N) is 3. The monoisotopic (exact) mass is 968 g/mol. The zero-order chi connectivity index (χ0) is 47.3. The molecule has 1 aliphatic carbocycles. The van der Waals surface area contributed by atoms with E-state index >= 15 is 0 Å². The van der Waals surface area contributed by atoms with Crippen molar-refractivity contribution >= 4 is 82.3 Å². The van der Waals surface area contributed by atoms with Gasteiger partial charge in [0.2, 0.25) is 10.0 Å². The number of aromatic amines is 1. The molecule has 9 rings (SSSR count). The number of nitrogens with zero attached hydrogens (tertiary/aromatic N) is 7. The fourth-order valence-electron chi connectivity index (χ4n) is 9.51. The molecule has 0 atom stereocenters. The predicted molar refractivity (Wildman–Crippen MR) is 261 cm³/mol. The summed E-state index contributed by atoms with van der Waals surface area (Å²) >= 11 is 6.26. The van der Waals surface area contributed by atoms with Crippen LogP contribution in [0.15, 0.2) is 95.7 Å². The molecular weight excluding hydrogens is 916 g/mol. The lowest BCUT2D eigenvalue weighted by atomic mass is 9.72. The van der Waals surface area contributed by atoms with Gasteiger partial charge in [0, 0.05) is 80.7 Å². The SMILES string of the molecule is CC1(C)CCC(CN2CCN(c3ccc(C(=O)NS(=O)(=O)c4ccc(NCC5CCN(S(C)(=O)=O)CC5)c([N+](=O)[O-])c4)c(-n4ncc5nc6[nH]ccc6cc54)c3)CC2)=C(c2ccc(Cl)cc2)C1. The molecule has 1 amide bonds. The molecule has 67 heavy (non-hydrogen) atoms. The number of carbonyl (C=O) groups is 1. The number of allylic oxidation sites excluding steroid dienone is 1. The van der Waals surface area contributed by atoms with Gasteiger partial charge in [0.15, 0.2) is 0 Å². The predicted octanol–water partition coefficient (Wildman–Crippen LogP) is 7.45. The zero-order valence-electron chi connectivity index (χ0n) is 37.5. The van der Waals surface area contributed by atoms with Gasteiger partial charge in [0.1, 0.15) is 16.9 Å². The Kier molecular flexibility index (Phi) is 12.7. The van der Waals surface area contributed by atoms with Gasteiger partial charge < -0.3 is 15.2 Å². The number of piperidine rings is 1. The zero-order valence-corrected chi connectivity index (χ0v) is 39.9. The summed E-state index contributed by atoms with van der Waals surface area (Å²) in [7, 11) is -7.94. The average Bonchev–Trinajstić information content (AvgIpc) is 3.94. The van der Waals surface area contributed by atoms with E-state index in [2.05, 4.69) is 55.9 Å². The Morgan fingerprint density at radius 3 is 2.42 bits per heavy atom. The maximum Gasteiger partial charge on any atom is 0.293 e. The molecule has 3 aromatic heterocycles. The van der Waals surface area contributed by atoms with Gasteiger partial charge in [-0.25, -0.2) is 35.5 Å². The lowest BCUT2D eigenvalue weighted by Gasteiger charge is -2.39. The molecule has 6 aromatic rings. The second-order valence-corrected chi connectivity index (χ2v) is 22.7. The quantitative estimate of drug-likeness (QED) is 0.0762. The highest BCUT2D eigenvalue weighted by molar-refractivity contribution is 7.90. The Morgan fingerprint density at radius 2 is 1.70 bits per heavy atom. The van der Waals surface area contributed by atoms with E-state index in [1.165, 1.54) is 39.4 Å². The Morgan fingerprint density at radius 1 is 0.955 bits per heavy atom. The van der Waals surface area contributed by atoms with Crippen LogP contribution in [0.2, 0.25) is 5.02 Å². The molecule has 352 valence electrons. The number of piperazine rings is 1. The van der Waals surface area contributed by atoms with Crippen LogP contribution in [0.4, 0.5) is 17.1 Å². The largest absolute Gasteiger partial charge is 0.379 e. The number of hydrogen-bond acceptors (Lipinski definition) is 12. The number of sulfonamides is 2. The summed E-state index contributed by atoms with van der Waals surface area (Å²) in [5, 5.41) is 21.5. The molecule has 0 unspecified atom stereocenters. The summed E-state index contributed by atoms with van der Waals surface area (Å²) in [6, 6.07) is 20.6. The number of anilines is 2. The average molecular weight is 970 g/mol. The van der Waals surface area contributed by atoms with Crippen molar-refractivity contribution < 1.29 is 26.6 Å². The van der Waals surface area contributed by atoms with Crippen molar-refractivity contribution in [3.8, 4) is 5.69 Å². The number of amides is 1. The van der Waals surface area contributed by atoms with Gasteiger partial charge in [-0.2, -0.15) is 5.10 Å². The van der Waals surface area contributed by atoms with E-state index < -0.39 is 41.5 Å². The van der Waals surface area contributed by atoms with Crippen LogP contribution in [0.1, 0.15) is 61.9 Å². The topological polar surface area (TPSA) is 209 Å². The maximum absolute atomic E-state index is 14.2. The minimum absolute atomic E-state index is 0.0155. The molecule has 0 radical (unpaired) electrons. The second kappa shape index (κ2) is 18.3. The van der Waals surface area contributed by atoms with Gasteiger partial charge in [0.25, 0.3) is 21.6 Å². The molecule has 20 heteroatoms. The number of nitro groups is 1. The number of rotatable bonds is 13. The van der Waals surface area contributed by atoms with Crippen molar-refractivity contribution in [3.63, 3.8) is 0 Å². The number of pyridine rings is 1. The van der Waals surface area contributed by atoms with Crippen molar-refractivity contribution in [1.82, 2.24) is 33.7 Å². The van der Waals surface area contributed by atoms with Crippen LogP contribution < -0.4 is 14.9 Å². The van der Waals surface area contributed by atoms with E-state index in [0.29, 0.717) is 67.9 Å². The van der Waals surface area contributed by atoms with Gasteiger partial charge in [-0.15, -0.1) is 0 Å². The van der Waals surface area contributed by atoms with Crippen LogP contribution in [-0.4, -0.2) is 115 Å². The molecule has 3 aliphatic rings. The first-order valence-corrected chi connectivity index (χ1v) is 26.1. The van der Waals surface area contributed by atoms with Crippen LogP contribution in [0.25, 0.3) is 33.3 Å². The van der Waals surface area contributed by atoms with E-state index in [1.807, 2.05) is 30.3 Å². The number of fused-ring (bicyclic) bond motifs is 2. The summed E-state index contributed by atoms with van der Waals surface area (Å²) in [6.07, 6.45) is 8.83. The molecule has 3 aromatic carbocycles.